The summed E-state index contributed by atoms with van der Waals surface area (Å²) in [6, 6.07) is 12.5. The van der Waals surface area contributed by atoms with Crippen LogP contribution in [0.1, 0.15) is 21.6 Å². The third kappa shape index (κ3) is 3.01. The largest absolute Gasteiger partial charge is 0.465 e. The van der Waals surface area contributed by atoms with E-state index in [-0.39, 0.29) is 12.1 Å². The standard InChI is InChI=1S/C21H16ClN3O3/c1-12-14-5-3-4-6-17(14)24-18(19(12)21(27)28-2)10-25-11-23-16-8-7-13(22)9-15(16)20(25)26/h3-9,11H,10H2,1-2H3. The van der Waals surface area contributed by atoms with Gasteiger partial charge in [0, 0.05) is 10.4 Å². The van der Waals surface area contributed by atoms with Crippen LogP contribution in [-0.2, 0) is 11.3 Å². The molecular formula is C21H16ClN3O3. The van der Waals surface area contributed by atoms with E-state index in [0.717, 1.165) is 16.5 Å². The smallest absolute Gasteiger partial charge is 0.340 e. The zero-order valence-electron chi connectivity index (χ0n) is 15.3. The molecule has 4 rings (SSSR count). The van der Waals surface area contributed by atoms with Crippen LogP contribution in [0.3, 0.4) is 0 Å². The first-order valence-electron chi connectivity index (χ1n) is 8.61. The van der Waals surface area contributed by atoms with Gasteiger partial charge < -0.3 is 4.74 Å². The second-order valence-corrected chi connectivity index (χ2v) is 6.84. The first kappa shape index (κ1) is 18.1. The van der Waals surface area contributed by atoms with E-state index in [9.17, 15) is 9.59 Å². The van der Waals surface area contributed by atoms with E-state index >= 15 is 0 Å². The van der Waals surface area contributed by atoms with Crippen molar-refractivity contribution in [2.24, 2.45) is 0 Å². The fraction of sp³-hybridized carbons (Fsp3) is 0.143. The number of aryl methyl sites for hydroxylation is 1. The molecule has 0 spiro atoms. The van der Waals surface area contributed by atoms with E-state index in [1.54, 1.807) is 18.2 Å². The number of carbonyl (C=O) groups is 1. The third-order valence-electron chi connectivity index (χ3n) is 4.72. The van der Waals surface area contributed by atoms with Gasteiger partial charge in [0.15, 0.2) is 0 Å². The number of rotatable bonds is 3. The minimum atomic E-state index is -0.490. The summed E-state index contributed by atoms with van der Waals surface area (Å²) in [5.41, 5.74) is 2.62. The van der Waals surface area contributed by atoms with E-state index in [2.05, 4.69) is 9.97 Å². The summed E-state index contributed by atoms with van der Waals surface area (Å²) >= 11 is 6.03. The topological polar surface area (TPSA) is 74.1 Å². The highest BCUT2D eigenvalue weighted by Crippen LogP contribution is 2.24. The highest BCUT2D eigenvalue weighted by molar-refractivity contribution is 6.31. The van der Waals surface area contributed by atoms with Crippen LogP contribution in [0.25, 0.3) is 21.8 Å². The lowest BCUT2D eigenvalue weighted by Crippen LogP contribution is -2.23. The fourth-order valence-electron chi connectivity index (χ4n) is 3.33. The van der Waals surface area contributed by atoms with Crippen molar-refractivity contribution in [1.82, 2.24) is 14.5 Å². The number of hydrogen-bond acceptors (Lipinski definition) is 5. The molecule has 0 aliphatic carbocycles. The molecule has 0 saturated carbocycles. The molecule has 0 aliphatic heterocycles. The fourth-order valence-corrected chi connectivity index (χ4v) is 3.51. The number of benzene rings is 2. The number of pyridine rings is 1. The molecule has 2 aromatic heterocycles. The number of para-hydroxylation sites is 1. The van der Waals surface area contributed by atoms with Gasteiger partial charge in [-0.25, -0.2) is 14.8 Å². The molecule has 6 nitrogen and oxygen atoms in total. The maximum Gasteiger partial charge on any atom is 0.340 e. The van der Waals surface area contributed by atoms with Crippen LogP contribution >= 0.6 is 11.6 Å². The Morgan fingerprint density at radius 2 is 1.93 bits per heavy atom. The summed E-state index contributed by atoms with van der Waals surface area (Å²) in [5, 5.41) is 1.73. The van der Waals surface area contributed by atoms with E-state index in [1.807, 2.05) is 31.2 Å². The van der Waals surface area contributed by atoms with Gasteiger partial charge in [0.2, 0.25) is 0 Å². The molecule has 0 aliphatic rings. The maximum absolute atomic E-state index is 12.9. The molecule has 4 aromatic rings. The molecule has 0 radical (unpaired) electrons. The molecule has 28 heavy (non-hydrogen) atoms. The van der Waals surface area contributed by atoms with Gasteiger partial charge in [-0.3, -0.25) is 9.36 Å². The van der Waals surface area contributed by atoms with Crippen LogP contribution in [-0.4, -0.2) is 27.6 Å². The summed E-state index contributed by atoms with van der Waals surface area (Å²) in [4.78, 5) is 34.3. The Morgan fingerprint density at radius 3 is 2.71 bits per heavy atom. The Balaban J connectivity index is 1.92. The lowest BCUT2D eigenvalue weighted by molar-refractivity contribution is 0.0598. The number of aromatic nitrogens is 3. The van der Waals surface area contributed by atoms with Gasteiger partial charge >= 0.3 is 5.97 Å². The molecule has 0 saturated heterocycles. The predicted molar refractivity (Wildman–Crippen MR) is 108 cm³/mol. The van der Waals surface area contributed by atoms with Crippen molar-refractivity contribution in [2.75, 3.05) is 7.11 Å². The SMILES string of the molecule is COC(=O)c1c(Cn2cnc3ccc(Cl)cc3c2=O)nc2ccccc2c1C. The van der Waals surface area contributed by atoms with Gasteiger partial charge in [-0.15, -0.1) is 0 Å². The van der Waals surface area contributed by atoms with Crippen molar-refractivity contribution < 1.29 is 9.53 Å². The molecule has 0 fully saturated rings. The summed E-state index contributed by atoms with van der Waals surface area (Å²) < 4.78 is 6.38. The van der Waals surface area contributed by atoms with Gasteiger partial charge in [0.05, 0.1) is 47.7 Å². The van der Waals surface area contributed by atoms with Crippen LogP contribution in [0.2, 0.25) is 5.02 Å². The highest BCUT2D eigenvalue weighted by atomic mass is 35.5. The molecule has 7 heteroatoms. The molecule has 2 aromatic carbocycles. The number of esters is 1. The second-order valence-electron chi connectivity index (χ2n) is 6.41. The Labute approximate surface area is 165 Å². The van der Waals surface area contributed by atoms with Gasteiger partial charge in [-0.2, -0.15) is 0 Å². The Morgan fingerprint density at radius 1 is 1.14 bits per heavy atom. The van der Waals surface area contributed by atoms with Crippen molar-refractivity contribution in [2.45, 2.75) is 13.5 Å². The van der Waals surface area contributed by atoms with Crippen molar-refractivity contribution >= 4 is 39.4 Å². The van der Waals surface area contributed by atoms with E-state index in [1.165, 1.54) is 18.0 Å². The normalized spacial score (nSPS) is 11.1. The van der Waals surface area contributed by atoms with Crippen LogP contribution in [0.15, 0.2) is 53.6 Å². The predicted octanol–water partition coefficient (Wildman–Crippen LogP) is 3.74. The molecule has 0 unspecified atom stereocenters. The second kappa shape index (κ2) is 7.05. The molecule has 2 heterocycles. The number of halogens is 1. The number of nitrogens with zero attached hydrogens (tertiary/aromatic N) is 3. The molecule has 0 N–H and O–H groups in total. The number of carbonyl (C=O) groups excluding carboxylic acids is 1. The van der Waals surface area contributed by atoms with Crippen LogP contribution in [0, 0.1) is 6.92 Å². The minimum absolute atomic E-state index is 0.0877. The summed E-state index contributed by atoms with van der Waals surface area (Å²) in [6.45, 7) is 1.94. The molecule has 0 amide bonds. The maximum atomic E-state index is 12.9. The van der Waals surface area contributed by atoms with Crippen molar-refractivity contribution in [1.29, 1.82) is 0 Å². The van der Waals surface area contributed by atoms with Crippen molar-refractivity contribution in [3.05, 3.63) is 81.0 Å². The van der Waals surface area contributed by atoms with Crippen LogP contribution < -0.4 is 5.56 Å². The van der Waals surface area contributed by atoms with Crippen LogP contribution in [0.5, 0.6) is 0 Å². The minimum Gasteiger partial charge on any atom is -0.465 e. The van der Waals surface area contributed by atoms with E-state index in [0.29, 0.717) is 27.2 Å². The zero-order chi connectivity index (χ0) is 19.8. The van der Waals surface area contributed by atoms with Gasteiger partial charge in [-0.1, -0.05) is 29.8 Å². The first-order chi connectivity index (χ1) is 13.5. The number of fused-ring (bicyclic) bond motifs is 2. The quantitative estimate of drug-likeness (QED) is 0.496. The van der Waals surface area contributed by atoms with Crippen molar-refractivity contribution in [3.8, 4) is 0 Å². The van der Waals surface area contributed by atoms with E-state index in [4.69, 9.17) is 16.3 Å². The molecular weight excluding hydrogens is 378 g/mol. The summed E-state index contributed by atoms with van der Waals surface area (Å²) in [6.07, 6.45) is 1.45. The summed E-state index contributed by atoms with van der Waals surface area (Å²) in [5.74, 6) is -0.490. The number of ether oxygens (including phenoxy) is 1. The molecule has 140 valence electrons. The Bertz CT molecular complexity index is 1300. The third-order valence-corrected chi connectivity index (χ3v) is 4.96. The highest BCUT2D eigenvalue weighted by Gasteiger charge is 2.20. The monoisotopic (exact) mass is 393 g/mol. The van der Waals surface area contributed by atoms with Crippen molar-refractivity contribution in [3.63, 3.8) is 0 Å². The van der Waals surface area contributed by atoms with E-state index < -0.39 is 5.97 Å². The molecule has 0 bridgehead atoms. The first-order valence-corrected chi connectivity index (χ1v) is 8.98. The van der Waals surface area contributed by atoms with Gasteiger partial charge in [0.1, 0.15) is 0 Å². The Kier molecular flexibility index (Phi) is 4.57. The van der Waals surface area contributed by atoms with Gasteiger partial charge in [0.25, 0.3) is 5.56 Å². The lowest BCUT2D eigenvalue weighted by Gasteiger charge is -2.14. The lowest BCUT2D eigenvalue weighted by atomic mass is 10.0. The zero-order valence-corrected chi connectivity index (χ0v) is 16.0. The average Bonchev–Trinajstić information content (AvgIpc) is 2.70. The summed E-state index contributed by atoms with van der Waals surface area (Å²) in [7, 11) is 1.33. The van der Waals surface area contributed by atoms with Gasteiger partial charge in [-0.05, 0) is 36.8 Å². The Hall–Kier alpha value is -3.25. The number of hydrogen-bond donors (Lipinski definition) is 0. The average molecular weight is 394 g/mol. The molecule has 0 atom stereocenters. The van der Waals surface area contributed by atoms with Crippen LogP contribution in [0.4, 0.5) is 0 Å². The number of methoxy groups -OCH3 is 1.